The third-order valence-electron chi connectivity index (χ3n) is 2.01. The van der Waals surface area contributed by atoms with Gasteiger partial charge in [0.2, 0.25) is 0 Å². The fourth-order valence-corrected chi connectivity index (χ4v) is 1.65. The number of piperidine rings is 1. The van der Waals surface area contributed by atoms with Gasteiger partial charge in [-0.2, -0.15) is 0 Å². The van der Waals surface area contributed by atoms with E-state index >= 15 is 0 Å². The van der Waals surface area contributed by atoms with Crippen LogP contribution in [0.3, 0.4) is 0 Å². The SMILES string of the molecule is CN1CCC[C@@H](OCCBr)C1. The first-order valence-electron chi connectivity index (χ1n) is 4.19. The zero-order valence-electron chi connectivity index (χ0n) is 7.05. The number of alkyl halides is 1. The highest BCUT2D eigenvalue weighted by Crippen LogP contribution is 2.11. The van der Waals surface area contributed by atoms with E-state index in [4.69, 9.17) is 4.74 Å². The first kappa shape index (κ1) is 9.49. The predicted molar refractivity (Wildman–Crippen MR) is 50.3 cm³/mol. The molecule has 0 N–H and O–H groups in total. The minimum Gasteiger partial charge on any atom is -0.376 e. The fraction of sp³-hybridized carbons (Fsp3) is 1.00. The summed E-state index contributed by atoms with van der Waals surface area (Å²) in [7, 11) is 2.16. The molecule has 1 heterocycles. The second kappa shape index (κ2) is 5.12. The maximum Gasteiger partial charge on any atom is 0.0702 e. The minimum atomic E-state index is 0.478. The summed E-state index contributed by atoms with van der Waals surface area (Å²) in [6, 6.07) is 0. The van der Waals surface area contributed by atoms with Gasteiger partial charge in [-0.25, -0.2) is 0 Å². The molecule has 0 bridgehead atoms. The van der Waals surface area contributed by atoms with Crippen LogP contribution in [0.1, 0.15) is 12.8 Å². The van der Waals surface area contributed by atoms with Gasteiger partial charge < -0.3 is 9.64 Å². The van der Waals surface area contributed by atoms with Gasteiger partial charge in [-0.3, -0.25) is 0 Å². The number of likely N-dealkylation sites (tertiary alicyclic amines) is 1. The predicted octanol–water partition coefficient (Wildman–Crippen LogP) is 1.49. The summed E-state index contributed by atoms with van der Waals surface area (Å²) < 4.78 is 5.61. The summed E-state index contributed by atoms with van der Waals surface area (Å²) in [6.07, 6.45) is 2.99. The summed E-state index contributed by atoms with van der Waals surface area (Å²) in [5.74, 6) is 0. The average molecular weight is 222 g/mol. The lowest BCUT2D eigenvalue weighted by molar-refractivity contribution is 0.0150. The van der Waals surface area contributed by atoms with Crippen molar-refractivity contribution in [1.82, 2.24) is 4.90 Å². The van der Waals surface area contributed by atoms with Gasteiger partial charge in [0.05, 0.1) is 12.7 Å². The lowest BCUT2D eigenvalue weighted by atomic mass is 10.1. The molecule has 0 spiro atoms. The second-order valence-corrected chi connectivity index (χ2v) is 3.88. The van der Waals surface area contributed by atoms with E-state index in [1.165, 1.54) is 19.4 Å². The molecule has 1 fully saturated rings. The van der Waals surface area contributed by atoms with Crippen LogP contribution in [0.25, 0.3) is 0 Å². The van der Waals surface area contributed by atoms with Gasteiger partial charge >= 0.3 is 0 Å². The summed E-state index contributed by atoms with van der Waals surface area (Å²) in [5.41, 5.74) is 0. The molecule has 0 radical (unpaired) electrons. The van der Waals surface area contributed by atoms with Crippen molar-refractivity contribution in [3.05, 3.63) is 0 Å². The molecule has 1 atom stereocenters. The van der Waals surface area contributed by atoms with Gasteiger partial charge in [-0.05, 0) is 26.4 Å². The Balaban J connectivity index is 2.12. The van der Waals surface area contributed by atoms with Crippen molar-refractivity contribution in [1.29, 1.82) is 0 Å². The van der Waals surface area contributed by atoms with E-state index in [2.05, 4.69) is 27.9 Å². The van der Waals surface area contributed by atoms with Crippen LogP contribution >= 0.6 is 15.9 Å². The molecule has 1 aliphatic rings. The van der Waals surface area contributed by atoms with Crippen LogP contribution in [-0.2, 0) is 4.74 Å². The van der Waals surface area contributed by atoms with E-state index in [0.29, 0.717) is 6.10 Å². The summed E-state index contributed by atoms with van der Waals surface area (Å²) in [6.45, 7) is 3.18. The minimum absolute atomic E-state index is 0.478. The summed E-state index contributed by atoms with van der Waals surface area (Å²) in [4.78, 5) is 2.34. The molecular weight excluding hydrogens is 206 g/mol. The Hall–Kier alpha value is 0.400. The lowest BCUT2D eigenvalue weighted by Crippen LogP contribution is -2.37. The molecule has 1 aliphatic heterocycles. The summed E-state index contributed by atoms with van der Waals surface area (Å²) in [5, 5.41) is 0.952. The number of nitrogens with zero attached hydrogens (tertiary/aromatic N) is 1. The quantitative estimate of drug-likeness (QED) is 0.671. The Kier molecular flexibility index (Phi) is 4.41. The number of ether oxygens (including phenoxy) is 1. The molecule has 0 saturated carbocycles. The van der Waals surface area contributed by atoms with Crippen LogP contribution in [0.15, 0.2) is 0 Å². The molecule has 3 heteroatoms. The Morgan fingerprint density at radius 1 is 1.64 bits per heavy atom. The van der Waals surface area contributed by atoms with Gasteiger partial charge in [-0.15, -0.1) is 0 Å². The monoisotopic (exact) mass is 221 g/mol. The zero-order valence-corrected chi connectivity index (χ0v) is 8.64. The zero-order chi connectivity index (χ0) is 8.10. The lowest BCUT2D eigenvalue weighted by Gasteiger charge is -2.29. The van der Waals surface area contributed by atoms with E-state index in [1.54, 1.807) is 0 Å². The molecule has 0 unspecified atom stereocenters. The first-order valence-corrected chi connectivity index (χ1v) is 5.31. The van der Waals surface area contributed by atoms with Crippen molar-refractivity contribution < 1.29 is 4.74 Å². The highest BCUT2D eigenvalue weighted by atomic mass is 79.9. The highest BCUT2D eigenvalue weighted by Gasteiger charge is 2.16. The molecule has 0 amide bonds. The van der Waals surface area contributed by atoms with Gasteiger partial charge in [0.1, 0.15) is 0 Å². The molecule has 0 aromatic rings. The van der Waals surface area contributed by atoms with E-state index in [1.807, 2.05) is 0 Å². The molecule has 0 aliphatic carbocycles. The Labute approximate surface area is 77.0 Å². The van der Waals surface area contributed by atoms with Crippen molar-refractivity contribution in [3.63, 3.8) is 0 Å². The van der Waals surface area contributed by atoms with E-state index in [0.717, 1.165) is 18.5 Å². The molecule has 0 aromatic heterocycles. The van der Waals surface area contributed by atoms with Crippen molar-refractivity contribution in [3.8, 4) is 0 Å². The third-order valence-corrected chi connectivity index (χ3v) is 2.34. The van der Waals surface area contributed by atoms with Crippen LogP contribution in [-0.4, -0.2) is 43.1 Å². The van der Waals surface area contributed by atoms with E-state index in [-0.39, 0.29) is 0 Å². The molecule has 66 valence electrons. The average Bonchev–Trinajstić information content (AvgIpc) is 2.01. The molecule has 11 heavy (non-hydrogen) atoms. The first-order chi connectivity index (χ1) is 5.33. The molecule has 2 nitrogen and oxygen atoms in total. The number of rotatable bonds is 3. The standard InChI is InChI=1S/C8H16BrNO/c1-10-5-2-3-8(7-10)11-6-4-9/h8H,2-7H2,1H3/t8-/m1/s1. The van der Waals surface area contributed by atoms with E-state index in [9.17, 15) is 0 Å². The second-order valence-electron chi connectivity index (χ2n) is 3.09. The van der Waals surface area contributed by atoms with Crippen molar-refractivity contribution in [2.45, 2.75) is 18.9 Å². The fourth-order valence-electron chi connectivity index (χ4n) is 1.47. The third kappa shape index (κ3) is 3.54. The number of halogens is 1. The molecule has 1 rings (SSSR count). The van der Waals surface area contributed by atoms with Gasteiger partial charge in [0, 0.05) is 11.9 Å². The Morgan fingerprint density at radius 3 is 3.09 bits per heavy atom. The van der Waals surface area contributed by atoms with Gasteiger partial charge in [0.25, 0.3) is 0 Å². The highest BCUT2D eigenvalue weighted by molar-refractivity contribution is 9.09. The van der Waals surface area contributed by atoms with Crippen LogP contribution in [0.4, 0.5) is 0 Å². The number of hydrogen-bond acceptors (Lipinski definition) is 2. The largest absolute Gasteiger partial charge is 0.376 e. The van der Waals surface area contributed by atoms with Crippen molar-refractivity contribution >= 4 is 15.9 Å². The van der Waals surface area contributed by atoms with Crippen molar-refractivity contribution in [2.24, 2.45) is 0 Å². The molecular formula is C8H16BrNO. The molecule has 0 aromatic carbocycles. The topological polar surface area (TPSA) is 12.5 Å². The Bertz CT molecular complexity index is 110. The van der Waals surface area contributed by atoms with Crippen LogP contribution in [0.2, 0.25) is 0 Å². The Morgan fingerprint density at radius 2 is 2.45 bits per heavy atom. The van der Waals surface area contributed by atoms with Gasteiger partial charge in [0.15, 0.2) is 0 Å². The number of hydrogen-bond donors (Lipinski definition) is 0. The molecule has 1 saturated heterocycles. The summed E-state index contributed by atoms with van der Waals surface area (Å²) >= 11 is 3.35. The smallest absolute Gasteiger partial charge is 0.0702 e. The maximum absolute atomic E-state index is 5.61. The van der Waals surface area contributed by atoms with Crippen LogP contribution in [0.5, 0.6) is 0 Å². The van der Waals surface area contributed by atoms with Crippen molar-refractivity contribution in [2.75, 3.05) is 32.1 Å². The number of likely N-dealkylation sites (N-methyl/N-ethyl adjacent to an activating group) is 1. The van der Waals surface area contributed by atoms with Gasteiger partial charge in [-0.1, -0.05) is 15.9 Å². The normalized spacial score (nSPS) is 27.3. The van der Waals surface area contributed by atoms with Crippen LogP contribution in [0, 0.1) is 0 Å². The van der Waals surface area contributed by atoms with E-state index < -0.39 is 0 Å². The van der Waals surface area contributed by atoms with Crippen LogP contribution < -0.4 is 0 Å². The maximum atomic E-state index is 5.61.